The molecular formula is C24H29ClN4O3. The Morgan fingerprint density at radius 3 is 2.69 bits per heavy atom. The molecule has 32 heavy (non-hydrogen) atoms. The number of guanidine groups is 1. The Hall–Kier alpha value is -2.64. The number of ether oxygens (including phenoxy) is 2. The molecule has 1 fully saturated rings. The number of carbonyl (C=O) groups is 1. The van der Waals surface area contributed by atoms with E-state index in [1.165, 1.54) is 0 Å². The zero-order valence-corrected chi connectivity index (χ0v) is 19.5. The molecule has 2 N–H and O–H groups in total. The number of amides is 1. The number of hydrogen-bond donors (Lipinski definition) is 1. The second kappa shape index (κ2) is 9.08. The van der Waals surface area contributed by atoms with Gasteiger partial charge in [-0.2, -0.15) is 0 Å². The van der Waals surface area contributed by atoms with Crippen LogP contribution >= 0.6 is 11.6 Å². The van der Waals surface area contributed by atoms with E-state index < -0.39 is 5.54 Å². The molecule has 0 bridgehead atoms. The van der Waals surface area contributed by atoms with Crippen LogP contribution in [0.15, 0.2) is 35.3 Å². The quantitative estimate of drug-likeness (QED) is 0.742. The number of hydrogen-bond acceptors (Lipinski definition) is 6. The van der Waals surface area contributed by atoms with Crippen LogP contribution in [0.4, 0.5) is 0 Å². The van der Waals surface area contributed by atoms with Crippen molar-refractivity contribution in [3.05, 3.63) is 57.7 Å². The first-order valence-corrected chi connectivity index (χ1v) is 11.2. The zero-order chi connectivity index (χ0) is 22.9. The van der Waals surface area contributed by atoms with Gasteiger partial charge in [-0.1, -0.05) is 35.9 Å². The van der Waals surface area contributed by atoms with Crippen molar-refractivity contribution in [3.63, 3.8) is 0 Å². The minimum Gasteiger partial charge on any atom is -0.481 e. The van der Waals surface area contributed by atoms with Crippen LogP contribution < -0.4 is 10.5 Å². The maximum Gasteiger partial charge on any atom is 0.232 e. The first kappa shape index (κ1) is 22.6. The molecule has 0 aliphatic carbocycles. The van der Waals surface area contributed by atoms with Crippen LogP contribution in [0.1, 0.15) is 48.6 Å². The van der Waals surface area contributed by atoms with Gasteiger partial charge in [0.25, 0.3) is 0 Å². The molecule has 0 unspecified atom stereocenters. The summed E-state index contributed by atoms with van der Waals surface area (Å²) in [5, 5.41) is 0.585. The van der Waals surface area contributed by atoms with Crippen LogP contribution in [0, 0.1) is 6.92 Å². The molecule has 4 rings (SSSR count). The number of nitrogens with two attached hydrogens (primary N) is 1. The van der Waals surface area contributed by atoms with Gasteiger partial charge in [0.15, 0.2) is 5.96 Å². The number of halogens is 1. The highest BCUT2D eigenvalue weighted by molar-refractivity contribution is 6.32. The molecule has 0 radical (unpaired) electrons. The molecule has 2 aromatic rings. The van der Waals surface area contributed by atoms with Gasteiger partial charge in [-0.15, -0.1) is 0 Å². The van der Waals surface area contributed by atoms with Gasteiger partial charge in [0.05, 0.1) is 19.1 Å². The minimum absolute atomic E-state index is 0.0298. The van der Waals surface area contributed by atoms with E-state index in [-0.39, 0.29) is 24.3 Å². The number of pyridine rings is 1. The number of aromatic nitrogens is 1. The Balaban J connectivity index is 1.65. The third-order valence-electron chi connectivity index (χ3n) is 6.24. The summed E-state index contributed by atoms with van der Waals surface area (Å²) in [7, 11) is 1.61. The maximum absolute atomic E-state index is 13.2. The molecule has 1 saturated heterocycles. The van der Waals surface area contributed by atoms with Crippen LogP contribution in [0.3, 0.4) is 0 Å². The van der Waals surface area contributed by atoms with Crippen molar-refractivity contribution < 1.29 is 14.3 Å². The topological polar surface area (TPSA) is 90.0 Å². The van der Waals surface area contributed by atoms with Gasteiger partial charge in [0.2, 0.25) is 11.8 Å². The van der Waals surface area contributed by atoms with Crippen LogP contribution in [-0.2, 0) is 21.5 Å². The zero-order valence-electron chi connectivity index (χ0n) is 18.7. The van der Waals surface area contributed by atoms with Gasteiger partial charge < -0.3 is 15.2 Å². The monoisotopic (exact) mass is 456 g/mol. The summed E-state index contributed by atoms with van der Waals surface area (Å²) in [4.78, 5) is 24.0. The van der Waals surface area contributed by atoms with E-state index in [1.54, 1.807) is 12.0 Å². The van der Waals surface area contributed by atoms with E-state index in [1.807, 2.05) is 44.2 Å². The van der Waals surface area contributed by atoms with Crippen molar-refractivity contribution in [2.75, 3.05) is 20.3 Å². The Morgan fingerprint density at radius 2 is 2.00 bits per heavy atom. The van der Waals surface area contributed by atoms with Gasteiger partial charge in [-0.05, 0) is 43.9 Å². The molecule has 0 saturated carbocycles. The highest BCUT2D eigenvalue weighted by atomic mass is 35.5. The molecule has 1 aromatic heterocycles. The lowest BCUT2D eigenvalue weighted by Gasteiger charge is -2.40. The Labute approximate surface area is 193 Å². The number of benzene rings is 1. The summed E-state index contributed by atoms with van der Waals surface area (Å²) in [6.07, 6.45) is 2.30. The van der Waals surface area contributed by atoms with E-state index in [4.69, 9.17) is 31.8 Å². The van der Waals surface area contributed by atoms with Gasteiger partial charge in [0, 0.05) is 42.0 Å². The predicted octanol–water partition coefficient (Wildman–Crippen LogP) is 3.58. The first-order chi connectivity index (χ1) is 15.3. The number of carbonyl (C=O) groups excluding carboxylic acids is 1. The molecule has 1 atom stereocenters. The van der Waals surface area contributed by atoms with E-state index in [9.17, 15) is 4.79 Å². The summed E-state index contributed by atoms with van der Waals surface area (Å²) >= 11 is 6.88. The lowest BCUT2D eigenvalue weighted by Crippen LogP contribution is -2.55. The fourth-order valence-electron chi connectivity index (χ4n) is 4.55. The minimum atomic E-state index is -0.828. The van der Waals surface area contributed by atoms with E-state index in [0.29, 0.717) is 30.5 Å². The Morgan fingerprint density at radius 1 is 1.25 bits per heavy atom. The summed E-state index contributed by atoms with van der Waals surface area (Å²) in [5.41, 5.74) is 9.03. The number of aryl methyl sites for hydroxylation is 1. The molecule has 8 heteroatoms. The molecule has 3 heterocycles. The van der Waals surface area contributed by atoms with Crippen LogP contribution in [0.2, 0.25) is 5.02 Å². The molecular weight excluding hydrogens is 428 g/mol. The van der Waals surface area contributed by atoms with Crippen LogP contribution in [0.5, 0.6) is 5.88 Å². The average molecular weight is 457 g/mol. The largest absolute Gasteiger partial charge is 0.481 e. The van der Waals surface area contributed by atoms with Crippen molar-refractivity contribution in [1.82, 2.24) is 9.88 Å². The lowest BCUT2D eigenvalue weighted by atomic mass is 9.85. The van der Waals surface area contributed by atoms with Crippen molar-refractivity contribution in [2.45, 2.75) is 51.1 Å². The normalized spacial score (nSPS) is 22.1. The fourth-order valence-corrected chi connectivity index (χ4v) is 4.95. The second-order valence-corrected chi connectivity index (χ2v) is 8.98. The first-order valence-electron chi connectivity index (χ1n) is 10.9. The SMILES string of the molecule is COc1nc(C)ccc1Cc1cccc([C@]2(C)CC(=O)N(C3CCOCC3)C(N)=N2)c1Cl. The highest BCUT2D eigenvalue weighted by Crippen LogP contribution is 2.40. The molecule has 170 valence electrons. The highest BCUT2D eigenvalue weighted by Gasteiger charge is 2.41. The van der Waals surface area contributed by atoms with Crippen molar-refractivity contribution in [1.29, 1.82) is 0 Å². The summed E-state index contributed by atoms with van der Waals surface area (Å²) < 4.78 is 10.9. The van der Waals surface area contributed by atoms with E-state index >= 15 is 0 Å². The number of methoxy groups -OCH3 is 1. The second-order valence-electron chi connectivity index (χ2n) is 8.60. The Kier molecular flexibility index (Phi) is 6.40. The molecule has 7 nitrogen and oxygen atoms in total. The molecule has 1 amide bonds. The standard InChI is InChI=1S/C24H29ClN4O3/c1-15-7-8-17(22(27-15)31-3)13-16-5-4-6-19(21(16)25)24(2)14-20(30)29(23(26)28-24)18-9-11-32-12-10-18/h4-8,18H,9-14H2,1-3H3,(H2,26,28)/t24-/m0/s1. The molecule has 1 aromatic carbocycles. The van der Waals surface area contributed by atoms with Crippen LogP contribution in [-0.4, -0.2) is 48.1 Å². The smallest absolute Gasteiger partial charge is 0.232 e. The fraction of sp³-hybridized carbons (Fsp3) is 0.458. The number of rotatable bonds is 5. The van der Waals surface area contributed by atoms with Crippen LogP contribution in [0.25, 0.3) is 0 Å². The predicted molar refractivity (Wildman–Crippen MR) is 124 cm³/mol. The van der Waals surface area contributed by atoms with E-state index in [0.717, 1.165) is 35.2 Å². The van der Waals surface area contributed by atoms with Gasteiger partial charge in [0.1, 0.15) is 0 Å². The van der Waals surface area contributed by atoms with Crippen molar-refractivity contribution >= 4 is 23.5 Å². The van der Waals surface area contributed by atoms with Gasteiger partial charge >= 0.3 is 0 Å². The average Bonchev–Trinajstić information content (AvgIpc) is 2.76. The third kappa shape index (κ3) is 4.32. The third-order valence-corrected chi connectivity index (χ3v) is 6.69. The number of aliphatic imine (C=N–C) groups is 1. The Bertz CT molecular complexity index is 1050. The van der Waals surface area contributed by atoms with Gasteiger partial charge in [-0.3, -0.25) is 9.69 Å². The van der Waals surface area contributed by atoms with E-state index in [2.05, 4.69) is 4.98 Å². The maximum atomic E-state index is 13.2. The number of nitrogens with zero attached hydrogens (tertiary/aromatic N) is 3. The summed E-state index contributed by atoms with van der Waals surface area (Å²) in [5.74, 6) is 0.805. The molecule has 2 aliphatic heterocycles. The molecule has 0 spiro atoms. The van der Waals surface area contributed by atoms with Gasteiger partial charge in [-0.25, -0.2) is 9.98 Å². The van der Waals surface area contributed by atoms with Crippen molar-refractivity contribution in [3.8, 4) is 5.88 Å². The van der Waals surface area contributed by atoms with Crippen molar-refractivity contribution in [2.24, 2.45) is 10.7 Å². The lowest BCUT2D eigenvalue weighted by molar-refractivity contribution is -0.132. The summed E-state index contributed by atoms with van der Waals surface area (Å²) in [6, 6.07) is 9.82. The molecule has 2 aliphatic rings. The summed E-state index contributed by atoms with van der Waals surface area (Å²) in [6.45, 7) is 5.10.